The molecule has 0 aromatic carbocycles. The summed E-state index contributed by atoms with van der Waals surface area (Å²) >= 11 is 0. The van der Waals surface area contributed by atoms with E-state index in [1.165, 1.54) is 18.1 Å². The zero-order valence-corrected chi connectivity index (χ0v) is 9.24. The number of amides is 1. The predicted molar refractivity (Wildman–Crippen MR) is 53.9 cm³/mol. The molecule has 0 aliphatic heterocycles. The van der Waals surface area contributed by atoms with E-state index in [9.17, 15) is 9.59 Å². The highest BCUT2D eigenvalue weighted by atomic mass is 16.5. The van der Waals surface area contributed by atoms with E-state index in [2.05, 4.69) is 20.8 Å². The van der Waals surface area contributed by atoms with Crippen molar-refractivity contribution in [2.45, 2.75) is 19.0 Å². The van der Waals surface area contributed by atoms with E-state index >= 15 is 0 Å². The normalized spacial score (nSPS) is 12.1. The Labute approximate surface area is 96.8 Å². The lowest BCUT2D eigenvalue weighted by atomic mass is 10.2. The van der Waals surface area contributed by atoms with Crippen LogP contribution in [0.1, 0.15) is 6.42 Å². The first-order chi connectivity index (χ1) is 8.13. The molecule has 1 aromatic heterocycles. The Kier molecular flexibility index (Phi) is 5.01. The number of nitrogens with zero attached hydrogens (tertiary/aromatic N) is 4. The highest BCUT2D eigenvalue weighted by Crippen LogP contribution is 1.93. The van der Waals surface area contributed by atoms with Gasteiger partial charge in [0.1, 0.15) is 18.9 Å². The van der Waals surface area contributed by atoms with Gasteiger partial charge in [-0.2, -0.15) is 0 Å². The van der Waals surface area contributed by atoms with Gasteiger partial charge in [-0.3, -0.25) is 4.79 Å². The summed E-state index contributed by atoms with van der Waals surface area (Å²) in [4.78, 5) is 22.3. The number of carboxylic acids is 1. The SMILES string of the molecule is COCCC(NC(=O)Cn1cnnn1)C(=O)O. The molecule has 0 aliphatic carbocycles. The number of hydrogen-bond acceptors (Lipinski definition) is 6. The van der Waals surface area contributed by atoms with Crippen LogP contribution in [0.25, 0.3) is 0 Å². The largest absolute Gasteiger partial charge is 0.480 e. The van der Waals surface area contributed by atoms with Crippen LogP contribution in [-0.4, -0.2) is 56.9 Å². The van der Waals surface area contributed by atoms with Crippen molar-refractivity contribution in [1.82, 2.24) is 25.5 Å². The van der Waals surface area contributed by atoms with E-state index in [4.69, 9.17) is 9.84 Å². The molecular formula is C8H13N5O4. The number of carbonyl (C=O) groups is 2. The fraction of sp³-hybridized carbons (Fsp3) is 0.625. The van der Waals surface area contributed by atoms with Crippen molar-refractivity contribution in [1.29, 1.82) is 0 Å². The number of aliphatic carboxylic acids is 1. The fourth-order valence-electron chi connectivity index (χ4n) is 1.13. The number of ether oxygens (including phenoxy) is 1. The maximum atomic E-state index is 11.5. The van der Waals surface area contributed by atoms with E-state index < -0.39 is 17.9 Å². The molecule has 9 heteroatoms. The van der Waals surface area contributed by atoms with Gasteiger partial charge in [-0.05, 0) is 10.4 Å². The summed E-state index contributed by atoms with van der Waals surface area (Å²) in [5.74, 6) is -1.58. The van der Waals surface area contributed by atoms with Gasteiger partial charge >= 0.3 is 5.97 Å². The summed E-state index contributed by atoms with van der Waals surface area (Å²) in [6.07, 6.45) is 1.47. The topological polar surface area (TPSA) is 119 Å². The van der Waals surface area contributed by atoms with Crippen molar-refractivity contribution in [2.75, 3.05) is 13.7 Å². The van der Waals surface area contributed by atoms with E-state index in [1.54, 1.807) is 0 Å². The minimum absolute atomic E-state index is 0.121. The highest BCUT2D eigenvalue weighted by Gasteiger charge is 2.19. The Bertz CT molecular complexity index is 366. The summed E-state index contributed by atoms with van der Waals surface area (Å²) in [6.45, 7) is 0.131. The van der Waals surface area contributed by atoms with Gasteiger partial charge in [0, 0.05) is 20.1 Å². The highest BCUT2D eigenvalue weighted by molar-refractivity contribution is 5.83. The smallest absolute Gasteiger partial charge is 0.326 e. The van der Waals surface area contributed by atoms with Crippen LogP contribution in [0.15, 0.2) is 6.33 Å². The van der Waals surface area contributed by atoms with Crippen LogP contribution in [-0.2, 0) is 20.9 Å². The number of rotatable bonds is 7. The number of tetrazole rings is 1. The molecule has 1 heterocycles. The average molecular weight is 243 g/mol. The quantitative estimate of drug-likeness (QED) is 0.584. The van der Waals surface area contributed by atoms with Gasteiger partial charge in [0.25, 0.3) is 0 Å². The van der Waals surface area contributed by atoms with Gasteiger partial charge in [-0.25, -0.2) is 9.48 Å². The van der Waals surface area contributed by atoms with Gasteiger partial charge in [-0.1, -0.05) is 0 Å². The molecule has 1 unspecified atom stereocenters. The van der Waals surface area contributed by atoms with Crippen LogP contribution in [0.5, 0.6) is 0 Å². The summed E-state index contributed by atoms with van der Waals surface area (Å²) < 4.78 is 5.96. The standard InChI is InChI=1S/C8H13N5O4/c1-17-3-2-6(8(15)16)10-7(14)4-13-5-9-11-12-13/h5-6H,2-4H2,1H3,(H,10,14)(H,15,16). The number of carboxylic acid groups (broad SMARTS) is 1. The number of carbonyl (C=O) groups excluding carboxylic acids is 1. The van der Waals surface area contributed by atoms with Crippen molar-refractivity contribution in [2.24, 2.45) is 0 Å². The first kappa shape index (κ1) is 13.0. The number of aromatic nitrogens is 4. The molecule has 0 saturated carbocycles. The lowest BCUT2D eigenvalue weighted by Gasteiger charge is -2.13. The van der Waals surface area contributed by atoms with Crippen molar-refractivity contribution in [3.8, 4) is 0 Å². The molecule has 0 fully saturated rings. The summed E-state index contributed by atoms with van der Waals surface area (Å²) in [5, 5.41) is 21.4. The molecule has 1 amide bonds. The Morgan fingerprint density at radius 1 is 1.59 bits per heavy atom. The molecular weight excluding hydrogens is 230 g/mol. The molecule has 2 N–H and O–H groups in total. The predicted octanol–water partition coefficient (Wildman–Crippen LogP) is -1.72. The van der Waals surface area contributed by atoms with Crippen LogP contribution in [0.2, 0.25) is 0 Å². The van der Waals surface area contributed by atoms with E-state index in [0.29, 0.717) is 0 Å². The number of methoxy groups -OCH3 is 1. The van der Waals surface area contributed by atoms with Gasteiger partial charge in [0.2, 0.25) is 5.91 Å². The van der Waals surface area contributed by atoms with Crippen molar-refractivity contribution < 1.29 is 19.4 Å². The maximum Gasteiger partial charge on any atom is 0.326 e. The molecule has 1 rings (SSSR count). The van der Waals surface area contributed by atoms with Crippen LogP contribution >= 0.6 is 0 Å². The second-order valence-corrected chi connectivity index (χ2v) is 3.25. The molecule has 9 nitrogen and oxygen atoms in total. The molecule has 1 atom stereocenters. The Morgan fingerprint density at radius 2 is 2.35 bits per heavy atom. The fourth-order valence-corrected chi connectivity index (χ4v) is 1.13. The Hall–Kier alpha value is -2.03. The monoisotopic (exact) mass is 243 g/mol. The van der Waals surface area contributed by atoms with E-state index in [1.807, 2.05) is 0 Å². The molecule has 0 bridgehead atoms. The van der Waals surface area contributed by atoms with Gasteiger partial charge in [0.15, 0.2) is 0 Å². The molecule has 0 aliphatic rings. The van der Waals surface area contributed by atoms with Crippen LogP contribution in [0.3, 0.4) is 0 Å². The average Bonchev–Trinajstić information content (AvgIpc) is 2.76. The second kappa shape index (κ2) is 6.53. The molecule has 0 spiro atoms. The lowest BCUT2D eigenvalue weighted by Crippen LogP contribution is -2.43. The van der Waals surface area contributed by atoms with Crippen molar-refractivity contribution in [3.05, 3.63) is 6.33 Å². The minimum Gasteiger partial charge on any atom is -0.480 e. The van der Waals surface area contributed by atoms with Crippen LogP contribution in [0, 0.1) is 0 Å². The Balaban J connectivity index is 2.43. The van der Waals surface area contributed by atoms with Gasteiger partial charge < -0.3 is 15.2 Å². The third kappa shape index (κ3) is 4.55. The van der Waals surface area contributed by atoms with Gasteiger partial charge in [0.05, 0.1) is 0 Å². The van der Waals surface area contributed by atoms with Crippen molar-refractivity contribution >= 4 is 11.9 Å². The first-order valence-corrected chi connectivity index (χ1v) is 4.85. The number of hydrogen-bond donors (Lipinski definition) is 2. The maximum absolute atomic E-state index is 11.5. The van der Waals surface area contributed by atoms with E-state index in [-0.39, 0.29) is 19.6 Å². The lowest BCUT2D eigenvalue weighted by molar-refractivity contribution is -0.142. The number of nitrogens with one attached hydrogen (secondary N) is 1. The summed E-state index contributed by atoms with van der Waals surface area (Å²) in [7, 11) is 1.46. The van der Waals surface area contributed by atoms with Crippen molar-refractivity contribution in [3.63, 3.8) is 0 Å². The second-order valence-electron chi connectivity index (χ2n) is 3.25. The zero-order valence-electron chi connectivity index (χ0n) is 9.24. The van der Waals surface area contributed by atoms with Gasteiger partial charge in [-0.15, -0.1) is 5.10 Å². The Morgan fingerprint density at radius 3 is 2.88 bits per heavy atom. The first-order valence-electron chi connectivity index (χ1n) is 4.85. The third-order valence-corrected chi connectivity index (χ3v) is 1.94. The zero-order chi connectivity index (χ0) is 12.7. The molecule has 1 aromatic rings. The van der Waals surface area contributed by atoms with Crippen LogP contribution in [0.4, 0.5) is 0 Å². The molecule has 17 heavy (non-hydrogen) atoms. The van der Waals surface area contributed by atoms with E-state index in [0.717, 1.165) is 0 Å². The minimum atomic E-state index is -1.10. The third-order valence-electron chi connectivity index (χ3n) is 1.94. The molecule has 94 valence electrons. The molecule has 0 radical (unpaired) electrons. The van der Waals surface area contributed by atoms with Crippen LogP contribution < -0.4 is 5.32 Å². The molecule has 0 saturated heterocycles. The summed E-state index contributed by atoms with van der Waals surface area (Å²) in [6, 6.07) is -0.973. The summed E-state index contributed by atoms with van der Waals surface area (Å²) in [5.41, 5.74) is 0.